The number of hydrogen-bond donors (Lipinski definition) is 6. The Labute approximate surface area is 163 Å². The van der Waals surface area contributed by atoms with E-state index in [0.29, 0.717) is 6.42 Å². The second-order valence-electron chi connectivity index (χ2n) is 6.86. The van der Waals surface area contributed by atoms with Gasteiger partial charge >= 0.3 is 11.9 Å². The quantitative estimate of drug-likeness (QED) is 0.231. The molecular weight excluding hydrogens is 372 g/mol. The van der Waals surface area contributed by atoms with Crippen LogP contribution in [0, 0.1) is 11.8 Å². The molecule has 0 saturated carbocycles. The average molecular weight is 402 g/mol. The Morgan fingerprint density at radius 3 is 1.86 bits per heavy atom. The summed E-state index contributed by atoms with van der Waals surface area (Å²) in [4.78, 5) is 58.9. The van der Waals surface area contributed by atoms with Crippen LogP contribution in [-0.2, 0) is 24.0 Å². The highest BCUT2D eigenvalue weighted by Gasteiger charge is 2.33. The van der Waals surface area contributed by atoms with Crippen LogP contribution in [0.25, 0.3) is 0 Å². The Kier molecular flexibility index (Phi) is 10.8. The number of amides is 3. The second kappa shape index (κ2) is 11.9. The van der Waals surface area contributed by atoms with Crippen molar-refractivity contribution in [2.75, 3.05) is 6.54 Å². The molecule has 11 nitrogen and oxygen atoms in total. The Morgan fingerprint density at radius 1 is 0.893 bits per heavy atom. The van der Waals surface area contributed by atoms with Gasteiger partial charge in [0.15, 0.2) is 0 Å². The highest BCUT2D eigenvalue weighted by molar-refractivity contribution is 5.95. The van der Waals surface area contributed by atoms with Crippen LogP contribution in [0.1, 0.15) is 40.5 Å². The number of nitrogens with one attached hydrogen (secondary N) is 3. The van der Waals surface area contributed by atoms with Crippen molar-refractivity contribution >= 4 is 29.7 Å². The zero-order valence-electron chi connectivity index (χ0n) is 16.5. The van der Waals surface area contributed by atoms with E-state index in [2.05, 4.69) is 16.0 Å². The first kappa shape index (κ1) is 25.3. The third kappa shape index (κ3) is 8.33. The molecule has 0 saturated heterocycles. The van der Waals surface area contributed by atoms with Crippen LogP contribution in [0.5, 0.6) is 0 Å². The molecule has 3 amide bonds. The predicted molar refractivity (Wildman–Crippen MR) is 99.0 cm³/mol. The van der Waals surface area contributed by atoms with Gasteiger partial charge in [0.05, 0.1) is 13.0 Å². The summed E-state index contributed by atoms with van der Waals surface area (Å²) in [6.07, 6.45) is -0.229. The Hall–Kier alpha value is -2.69. The summed E-state index contributed by atoms with van der Waals surface area (Å²) in [5.74, 6) is -5.69. The summed E-state index contributed by atoms with van der Waals surface area (Å²) in [6, 6.07) is -3.78. The number of nitrogens with two attached hydrogens (primary N) is 1. The van der Waals surface area contributed by atoms with Crippen LogP contribution in [0.4, 0.5) is 0 Å². The standard InChI is InChI=1S/C17H30N4O7/c1-5-9(4)14(20-11(22)7-18)16(26)19-10(6-12(23)24)15(25)21-13(8(2)3)17(27)28/h8-10,13-14H,5-7,18H2,1-4H3,(H,19,26)(H,20,22)(H,21,25)(H,23,24)(H,27,28). The third-order valence-electron chi connectivity index (χ3n) is 4.24. The third-order valence-corrected chi connectivity index (χ3v) is 4.24. The zero-order valence-corrected chi connectivity index (χ0v) is 16.5. The lowest BCUT2D eigenvalue weighted by molar-refractivity contribution is -0.144. The van der Waals surface area contributed by atoms with Gasteiger partial charge in [0.25, 0.3) is 0 Å². The molecule has 0 aromatic carbocycles. The molecule has 160 valence electrons. The van der Waals surface area contributed by atoms with Gasteiger partial charge < -0.3 is 31.9 Å². The predicted octanol–water partition coefficient (Wildman–Crippen LogP) is -1.34. The van der Waals surface area contributed by atoms with Crippen molar-refractivity contribution in [1.82, 2.24) is 16.0 Å². The number of carboxylic acid groups (broad SMARTS) is 2. The van der Waals surface area contributed by atoms with Crippen molar-refractivity contribution in [1.29, 1.82) is 0 Å². The number of carboxylic acids is 2. The first-order valence-corrected chi connectivity index (χ1v) is 8.99. The van der Waals surface area contributed by atoms with Gasteiger partial charge in [0.1, 0.15) is 18.1 Å². The van der Waals surface area contributed by atoms with Gasteiger partial charge in [-0.2, -0.15) is 0 Å². The normalized spacial score (nSPS) is 15.1. The SMILES string of the molecule is CCC(C)C(NC(=O)CN)C(=O)NC(CC(=O)O)C(=O)NC(C(=O)O)C(C)C. The van der Waals surface area contributed by atoms with E-state index in [9.17, 15) is 29.1 Å². The van der Waals surface area contributed by atoms with Crippen molar-refractivity contribution in [3.8, 4) is 0 Å². The Morgan fingerprint density at radius 2 is 1.46 bits per heavy atom. The maximum absolute atomic E-state index is 12.6. The lowest BCUT2D eigenvalue weighted by atomic mass is 9.97. The highest BCUT2D eigenvalue weighted by Crippen LogP contribution is 2.09. The van der Waals surface area contributed by atoms with Crippen molar-refractivity contribution in [3.05, 3.63) is 0 Å². The molecular formula is C17H30N4O7. The minimum Gasteiger partial charge on any atom is -0.481 e. The van der Waals surface area contributed by atoms with Crippen LogP contribution in [0.15, 0.2) is 0 Å². The van der Waals surface area contributed by atoms with E-state index in [0.717, 1.165) is 0 Å². The maximum atomic E-state index is 12.6. The fraction of sp³-hybridized carbons (Fsp3) is 0.706. The van der Waals surface area contributed by atoms with Crippen molar-refractivity contribution in [2.24, 2.45) is 17.6 Å². The van der Waals surface area contributed by atoms with Gasteiger partial charge in [-0.15, -0.1) is 0 Å². The van der Waals surface area contributed by atoms with Gasteiger partial charge in [0.2, 0.25) is 17.7 Å². The van der Waals surface area contributed by atoms with Gasteiger partial charge in [-0.05, 0) is 11.8 Å². The number of rotatable bonds is 12. The van der Waals surface area contributed by atoms with Crippen LogP contribution >= 0.6 is 0 Å². The van der Waals surface area contributed by atoms with Crippen molar-refractivity contribution < 1.29 is 34.2 Å². The molecule has 0 fully saturated rings. The summed E-state index contributed by atoms with van der Waals surface area (Å²) in [6.45, 7) is 6.30. The van der Waals surface area contributed by atoms with Gasteiger partial charge in [-0.3, -0.25) is 19.2 Å². The van der Waals surface area contributed by atoms with Crippen LogP contribution in [-0.4, -0.2) is 64.5 Å². The topological polar surface area (TPSA) is 188 Å². The summed E-state index contributed by atoms with van der Waals surface area (Å²) in [5, 5.41) is 25.2. The molecule has 0 rings (SSSR count). The molecule has 0 radical (unpaired) electrons. The molecule has 4 atom stereocenters. The Bertz CT molecular complexity index is 594. The van der Waals surface area contributed by atoms with Crippen LogP contribution < -0.4 is 21.7 Å². The lowest BCUT2D eigenvalue weighted by Crippen LogP contribution is -2.58. The van der Waals surface area contributed by atoms with E-state index >= 15 is 0 Å². The lowest BCUT2D eigenvalue weighted by Gasteiger charge is -2.27. The summed E-state index contributed by atoms with van der Waals surface area (Å²) in [5.41, 5.74) is 5.25. The number of hydrogen-bond acceptors (Lipinski definition) is 6. The molecule has 0 heterocycles. The molecule has 0 spiro atoms. The monoisotopic (exact) mass is 402 g/mol. The second-order valence-corrected chi connectivity index (χ2v) is 6.86. The van der Waals surface area contributed by atoms with Crippen molar-refractivity contribution in [2.45, 2.75) is 58.7 Å². The molecule has 0 aliphatic rings. The average Bonchev–Trinajstić information content (AvgIpc) is 2.61. The van der Waals surface area contributed by atoms with E-state index in [1.54, 1.807) is 27.7 Å². The smallest absolute Gasteiger partial charge is 0.326 e. The molecule has 0 aromatic rings. The van der Waals surface area contributed by atoms with E-state index < -0.39 is 60.1 Å². The first-order chi connectivity index (χ1) is 12.9. The Balaban J connectivity index is 5.45. The molecule has 0 bridgehead atoms. The minimum absolute atomic E-state index is 0.313. The first-order valence-electron chi connectivity index (χ1n) is 8.99. The fourth-order valence-electron chi connectivity index (χ4n) is 2.35. The largest absolute Gasteiger partial charge is 0.481 e. The van der Waals surface area contributed by atoms with E-state index in [1.165, 1.54) is 0 Å². The van der Waals surface area contributed by atoms with E-state index in [1.807, 2.05) is 0 Å². The van der Waals surface area contributed by atoms with Gasteiger partial charge in [0, 0.05) is 0 Å². The van der Waals surface area contributed by atoms with E-state index in [-0.39, 0.29) is 12.5 Å². The maximum Gasteiger partial charge on any atom is 0.326 e. The zero-order chi connectivity index (χ0) is 22.0. The molecule has 11 heteroatoms. The number of carbonyl (C=O) groups excluding carboxylic acids is 3. The molecule has 4 unspecified atom stereocenters. The van der Waals surface area contributed by atoms with Crippen LogP contribution in [0.2, 0.25) is 0 Å². The fourth-order valence-corrected chi connectivity index (χ4v) is 2.35. The molecule has 7 N–H and O–H groups in total. The molecule has 28 heavy (non-hydrogen) atoms. The molecule has 0 aromatic heterocycles. The molecule has 0 aliphatic carbocycles. The number of carbonyl (C=O) groups is 5. The summed E-state index contributed by atoms with van der Waals surface area (Å²) < 4.78 is 0. The summed E-state index contributed by atoms with van der Waals surface area (Å²) >= 11 is 0. The van der Waals surface area contributed by atoms with E-state index in [4.69, 9.17) is 10.8 Å². The molecule has 0 aliphatic heterocycles. The van der Waals surface area contributed by atoms with Crippen LogP contribution in [0.3, 0.4) is 0 Å². The number of aliphatic carboxylic acids is 2. The minimum atomic E-state index is -1.51. The van der Waals surface area contributed by atoms with Gasteiger partial charge in [-0.1, -0.05) is 34.1 Å². The summed E-state index contributed by atoms with van der Waals surface area (Å²) in [7, 11) is 0. The van der Waals surface area contributed by atoms with Crippen molar-refractivity contribution in [3.63, 3.8) is 0 Å². The highest BCUT2D eigenvalue weighted by atomic mass is 16.4. The van der Waals surface area contributed by atoms with Gasteiger partial charge in [-0.25, -0.2) is 4.79 Å².